The van der Waals surface area contributed by atoms with E-state index in [0.717, 1.165) is 11.3 Å². The zero-order valence-electron chi connectivity index (χ0n) is 22.4. The molecule has 5 heterocycles. The van der Waals surface area contributed by atoms with Crippen molar-refractivity contribution in [1.82, 2.24) is 18.7 Å². The van der Waals surface area contributed by atoms with Crippen molar-refractivity contribution in [3.05, 3.63) is 134 Å². The van der Waals surface area contributed by atoms with E-state index in [4.69, 9.17) is 5.10 Å². The molecule has 0 saturated carbocycles. The molecule has 0 fully saturated rings. The van der Waals surface area contributed by atoms with Gasteiger partial charge in [0, 0.05) is 49.6 Å². The van der Waals surface area contributed by atoms with Gasteiger partial charge < -0.3 is 4.57 Å². The van der Waals surface area contributed by atoms with Gasteiger partial charge in [-0.05, 0) is 47.9 Å². The highest BCUT2D eigenvalue weighted by Crippen LogP contribution is 2.45. The maximum Gasteiger partial charge on any atom is 0.160 e. The quantitative estimate of drug-likeness (QED) is 0.209. The van der Waals surface area contributed by atoms with Crippen LogP contribution in [0.2, 0.25) is 0 Å². The Morgan fingerprint density at radius 1 is 0.524 bits per heavy atom. The predicted molar refractivity (Wildman–Crippen MR) is 177 cm³/mol. The number of fused-ring (bicyclic) bond motifs is 10. The van der Waals surface area contributed by atoms with Crippen LogP contribution in [0, 0.1) is 0 Å². The molecular weight excluding hydrogens is 533 g/mol. The summed E-state index contributed by atoms with van der Waals surface area (Å²) in [6, 6.07) is 45.9. The van der Waals surface area contributed by atoms with E-state index in [1.54, 1.807) is 0 Å². The fraction of sp³-hybridized carbons (Fsp3) is 0. The molecule has 0 aliphatic heterocycles. The van der Waals surface area contributed by atoms with Crippen molar-refractivity contribution in [3.8, 4) is 11.5 Å². The fourth-order valence-corrected chi connectivity index (χ4v) is 8.00. The Bertz CT molecular complexity index is 2630. The van der Waals surface area contributed by atoms with E-state index in [2.05, 4.69) is 143 Å². The summed E-state index contributed by atoms with van der Waals surface area (Å²) in [5, 5.41) is 12.6. The number of rotatable bonds is 2. The minimum Gasteiger partial charge on any atom is -0.309 e. The number of thiophene rings is 1. The van der Waals surface area contributed by atoms with Gasteiger partial charge in [0.05, 0.1) is 32.3 Å². The van der Waals surface area contributed by atoms with Crippen LogP contribution in [0.15, 0.2) is 134 Å². The summed E-state index contributed by atoms with van der Waals surface area (Å²) >= 11 is 1.87. The van der Waals surface area contributed by atoms with Gasteiger partial charge in [-0.1, -0.05) is 78.9 Å². The Kier molecular flexibility index (Phi) is 4.30. The summed E-state index contributed by atoms with van der Waals surface area (Å²) in [5.74, 6) is 0.931. The van der Waals surface area contributed by atoms with Gasteiger partial charge in [-0.3, -0.25) is 4.57 Å². The monoisotopic (exact) mass is 554 g/mol. The summed E-state index contributed by atoms with van der Waals surface area (Å²) in [5.41, 5.74) is 7.08. The average Bonchev–Trinajstić information content (AvgIpc) is 3.77. The fourth-order valence-electron chi connectivity index (χ4n) is 6.79. The van der Waals surface area contributed by atoms with Crippen LogP contribution in [0.3, 0.4) is 0 Å². The number of benzene rings is 5. The molecular formula is C37H22N4S. The number of para-hydroxylation sites is 2. The van der Waals surface area contributed by atoms with Crippen LogP contribution in [-0.2, 0) is 0 Å². The van der Waals surface area contributed by atoms with Crippen LogP contribution in [0.5, 0.6) is 0 Å². The van der Waals surface area contributed by atoms with E-state index in [0.29, 0.717) is 0 Å². The van der Waals surface area contributed by atoms with E-state index >= 15 is 0 Å². The van der Waals surface area contributed by atoms with E-state index < -0.39 is 0 Å². The number of pyridine rings is 1. The summed E-state index contributed by atoms with van der Waals surface area (Å²) in [4.78, 5) is 0. The Morgan fingerprint density at radius 3 is 2.14 bits per heavy atom. The molecule has 0 radical (unpaired) electrons. The highest BCUT2D eigenvalue weighted by atomic mass is 32.1. The van der Waals surface area contributed by atoms with Crippen LogP contribution in [0.25, 0.3) is 80.8 Å². The second-order valence-corrected chi connectivity index (χ2v) is 12.0. The van der Waals surface area contributed by atoms with E-state index in [9.17, 15) is 0 Å². The predicted octanol–water partition coefficient (Wildman–Crippen LogP) is 9.90. The van der Waals surface area contributed by atoms with E-state index in [1.165, 1.54) is 69.5 Å². The van der Waals surface area contributed by atoms with Gasteiger partial charge >= 0.3 is 0 Å². The molecule has 4 nitrogen and oxygen atoms in total. The first kappa shape index (κ1) is 22.3. The van der Waals surface area contributed by atoms with Crippen molar-refractivity contribution in [2.45, 2.75) is 0 Å². The molecule has 0 spiro atoms. The molecule has 196 valence electrons. The third-order valence-corrected chi connectivity index (χ3v) is 9.82. The molecule has 0 saturated heterocycles. The Morgan fingerprint density at radius 2 is 1.24 bits per heavy atom. The molecule has 0 amide bonds. The smallest absolute Gasteiger partial charge is 0.160 e. The molecule has 5 heteroatoms. The van der Waals surface area contributed by atoms with Gasteiger partial charge in [0.1, 0.15) is 0 Å². The highest BCUT2D eigenvalue weighted by Gasteiger charge is 2.22. The maximum atomic E-state index is 5.17. The number of hydrogen-bond donors (Lipinski definition) is 0. The topological polar surface area (TPSA) is 27.2 Å². The van der Waals surface area contributed by atoms with Crippen molar-refractivity contribution in [2.24, 2.45) is 0 Å². The SMILES string of the molecule is c1ccc(-n2c3ccccc3c3cc4c(cc32)c2sc3ccccc3c2n4-c2cc3cc4ccccc4cn3n2)cc1. The normalized spacial score (nSPS) is 12.3. The zero-order valence-corrected chi connectivity index (χ0v) is 23.2. The average molecular weight is 555 g/mol. The number of nitrogens with zero attached hydrogens (tertiary/aromatic N) is 4. The van der Waals surface area contributed by atoms with Crippen LogP contribution < -0.4 is 0 Å². The van der Waals surface area contributed by atoms with Crippen LogP contribution >= 0.6 is 11.3 Å². The van der Waals surface area contributed by atoms with Crippen molar-refractivity contribution >= 4 is 80.6 Å². The van der Waals surface area contributed by atoms with Crippen LogP contribution in [-0.4, -0.2) is 18.7 Å². The molecule has 0 aliphatic carbocycles. The summed E-state index contributed by atoms with van der Waals surface area (Å²) < 4.78 is 9.38. The van der Waals surface area contributed by atoms with Crippen molar-refractivity contribution in [3.63, 3.8) is 0 Å². The maximum absolute atomic E-state index is 5.17. The third-order valence-electron chi connectivity index (χ3n) is 8.62. The van der Waals surface area contributed by atoms with Gasteiger partial charge in [0.15, 0.2) is 5.82 Å². The Balaban J connectivity index is 1.38. The molecule has 42 heavy (non-hydrogen) atoms. The third kappa shape index (κ3) is 2.93. The molecule has 5 aromatic heterocycles. The van der Waals surface area contributed by atoms with Crippen molar-refractivity contribution in [2.75, 3.05) is 0 Å². The second-order valence-electron chi connectivity index (χ2n) is 11.0. The van der Waals surface area contributed by atoms with E-state index in [1.807, 2.05) is 15.9 Å². The summed E-state index contributed by atoms with van der Waals surface area (Å²) in [7, 11) is 0. The first-order valence-corrected chi connectivity index (χ1v) is 15.0. The minimum atomic E-state index is 0.931. The Labute approximate surface area is 243 Å². The van der Waals surface area contributed by atoms with Crippen molar-refractivity contribution < 1.29 is 0 Å². The lowest BCUT2D eigenvalue weighted by molar-refractivity contribution is 0.928. The molecule has 0 N–H and O–H groups in total. The van der Waals surface area contributed by atoms with Gasteiger partial charge in [-0.15, -0.1) is 16.4 Å². The van der Waals surface area contributed by atoms with Gasteiger partial charge in [0.2, 0.25) is 0 Å². The van der Waals surface area contributed by atoms with Crippen LogP contribution in [0.4, 0.5) is 0 Å². The summed E-state index contributed by atoms with van der Waals surface area (Å²) in [6.45, 7) is 0. The first-order chi connectivity index (χ1) is 20.8. The molecule has 0 aliphatic rings. The lowest BCUT2D eigenvalue weighted by Crippen LogP contribution is -1.96. The second kappa shape index (κ2) is 8.09. The lowest BCUT2D eigenvalue weighted by Gasteiger charge is -2.08. The lowest BCUT2D eigenvalue weighted by atomic mass is 10.1. The molecule has 5 aromatic carbocycles. The largest absolute Gasteiger partial charge is 0.309 e. The standard InChI is InChI=1S/C37H22N4S/c1-2-12-25(13-3-1)40-31-16-8-6-14-27(31)29-20-33-30(21-32(29)40)37-36(28-15-7-9-17-34(28)42-37)41(33)35-19-26-18-23-10-4-5-11-24(23)22-39(26)38-35/h1-22H. The molecule has 10 rings (SSSR count). The molecule has 0 atom stereocenters. The van der Waals surface area contributed by atoms with Crippen molar-refractivity contribution in [1.29, 1.82) is 0 Å². The minimum absolute atomic E-state index is 0.931. The van der Waals surface area contributed by atoms with Gasteiger partial charge in [0.25, 0.3) is 0 Å². The zero-order chi connectivity index (χ0) is 27.4. The number of hydrogen-bond acceptors (Lipinski definition) is 2. The first-order valence-electron chi connectivity index (χ1n) is 14.1. The Hall–Kier alpha value is -5.39. The number of aromatic nitrogens is 4. The highest BCUT2D eigenvalue weighted by molar-refractivity contribution is 7.26. The molecule has 0 bridgehead atoms. The van der Waals surface area contributed by atoms with E-state index in [-0.39, 0.29) is 0 Å². The summed E-state index contributed by atoms with van der Waals surface area (Å²) in [6.07, 6.45) is 2.13. The van der Waals surface area contributed by atoms with Gasteiger partial charge in [-0.2, -0.15) is 0 Å². The van der Waals surface area contributed by atoms with Gasteiger partial charge in [-0.25, -0.2) is 4.52 Å². The molecule has 10 aromatic rings. The van der Waals surface area contributed by atoms with Crippen LogP contribution in [0.1, 0.15) is 0 Å². The molecule has 0 unspecified atom stereocenters.